The Bertz CT molecular complexity index is 1160. The van der Waals surface area contributed by atoms with Crippen molar-refractivity contribution in [2.75, 3.05) is 49.1 Å². The van der Waals surface area contributed by atoms with Crippen molar-refractivity contribution >= 4 is 17.4 Å². The molecule has 0 unspecified atom stereocenters. The summed E-state index contributed by atoms with van der Waals surface area (Å²) in [4.78, 5) is 35.0. The number of anilines is 2. The van der Waals surface area contributed by atoms with Crippen LogP contribution in [0.4, 0.5) is 24.7 Å². The highest BCUT2D eigenvalue weighted by atomic mass is 19.4. The lowest BCUT2D eigenvalue weighted by molar-refractivity contribution is -0.145. The van der Waals surface area contributed by atoms with Crippen LogP contribution in [0.5, 0.6) is 0 Å². The van der Waals surface area contributed by atoms with Crippen LogP contribution < -0.4 is 15.4 Å². The molecular formula is C25H31F3N6O3. The molecule has 3 fully saturated rings. The van der Waals surface area contributed by atoms with Gasteiger partial charge in [0.05, 0.1) is 30.6 Å². The van der Waals surface area contributed by atoms with E-state index in [9.17, 15) is 22.8 Å². The highest BCUT2D eigenvalue weighted by Gasteiger charge is 2.42. The summed E-state index contributed by atoms with van der Waals surface area (Å²) in [5, 5.41) is 5.47. The number of amides is 1. The minimum absolute atomic E-state index is 0.0811. The number of hydrogen-bond donors (Lipinski definition) is 1. The second kappa shape index (κ2) is 10.3. The molecule has 2 aliphatic heterocycles. The van der Waals surface area contributed by atoms with Crippen molar-refractivity contribution in [3.8, 4) is 0 Å². The zero-order chi connectivity index (χ0) is 26.2. The van der Waals surface area contributed by atoms with E-state index in [0.29, 0.717) is 45.3 Å². The average Bonchev–Trinajstić information content (AvgIpc) is 3.31. The molecule has 1 aliphatic carbocycles. The Labute approximate surface area is 212 Å². The van der Waals surface area contributed by atoms with Gasteiger partial charge in [0.25, 0.3) is 5.56 Å². The number of rotatable bonds is 6. The first-order valence-corrected chi connectivity index (χ1v) is 12.7. The van der Waals surface area contributed by atoms with E-state index in [0.717, 1.165) is 30.7 Å². The van der Waals surface area contributed by atoms with Crippen LogP contribution in [0.1, 0.15) is 36.8 Å². The number of pyridine rings is 1. The first-order valence-electron chi connectivity index (χ1n) is 12.7. The normalized spacial score (nSPS) is 24.3. The summed E-state index contributed by atoms with van der Waals surface area (Å²) in [6.07, 6.45) is 0.648. The number of carbonyl (C=O) groups excluding carboxylic acids is 1. The Morgan fingerprint density at radius 1 is 1.14 bits per heavy atom. The number of nitrogens with one attached hydrogen (secondary N) is 1. The van der Waals surface area contributed by atoms with Gasteiger partial charge in [-0.25, -0.2) is 10.1 Å². The fraction of sp³-hybridized carbons (Fsp3) is 0.600. The molecule has 2 aromatic rings. The summed E-state index contributed by atoms with van der Waals surface area (Å²) in [6.45, 7) is 5.43. The monoisotopic (exact) mass is 520 g/mol. The van der Waals surface area contributed by atoms with Crippen LogP contribution >= 0.6 is 0 Å². The van der Waals surface area contributed by atoms with Crippen LogP contribution in [-0.4, -0.2) is 77.5 Å². The molecule has 0 spiro atoms. The van der Waals surface area contributed by atoms with Crippen molar-refractivity contribution in [2.24, 2.45) is 5.92 Å². The van der Waals surface area contributed by atoms with Gasteiger partial charge in [-0.2, -0.15) is 18.3 Å². The quantitative estimate of drug-likeness (QED) is 0.626. The maximum absolute atomic E-state index is 13.5. The van der Waals surface area contributed by atoms with Crippen molar-refractivity contribution in [1.29, 1.82) is 0 Å². The van der Waals surface area contributed by atoms with E-state index in [1.165, 1.54) is 0 Å². The van der Waals surface area contributed by atoms with Crippen molar-refractivity contribution in [3.63, 3.8) is 0 Å². The summed E-state index contributed by atoms with van der Waals surface area (Å²) in [7, 11) is 0. The minimum atomic E-state index is -4.77. The Morgan fingerprint density at radius 3 is 2.57 bits per heavy atom. The van der Waals surface area contributed by atoms with E-state index in [4.69, 9.17) is 4.74 Å². The van der Waals surface area contributed by atoms with E-state index >= 15 is 0 Å². The maximum Gasteiger partial charge on any atom is 0.423 e. The van der Waals surface area contributed by atoms with Gasteiger partial charge in [0.1, 0.15) is 11.4 Å². The Kier molecular flexibility index (Phi) is 7.11. The summed E-state index contributed by atoms with van der Waals surface area (Å²) in [5.41, 5.74) is -1.56. The van der Waals surface area contributed by atoms with Gasteiger partial charge in [0.2, 0.25) is 5.91 Å². The molecule has 37 heavy (non-hydrogen) atoms. The maximum atomic E-state index is 13.5. The molecule has 1 amide bonds. The number of ether oxygens (including phenoxy) is 1. The zero-order valence-corrected chi connectivity index (χ0v) is 20.7. The number of hydrogen-bond acceptors (Lipinski definition) is 7. The van der Waals surface area contributed by atoms with Gasteiger partial charge in [-0.15, -0.1) is 0 Å². The number of aromatic nitrogens is 3. The van der Waals surface area contributed by atoms with Gasteiger partial charge in [0, 0.05) is 44.8 Å². The second-order valence-electron chi connectivity index (χ2n) is 10.1. The predicted molar refractivity (Wildman–Crippen MR) is 130 cm³/mol. The molecule has 2 saturated heterocycles. The standard InChI is InChI=1S/C25H31F3N6O3/c1-16-4-5-21(29-13-16)32-7-9-33(10-8-32)24(36)17-11-19(12-17)37-15-18-3-2-6-34(18)20-14-30-31-23(35)22(20)25(26,27)28/h4-5,13-14,17-19H,2-3,6-12,15H2,1H3,(H,31,35)/t17?,18-,19?/m0/s1. The van der Waals surface area contributed by atoms with Gasteiger partial charge < -0.3 is 19.4 Å². The van der Waals surface area contributed by atoms with Gasteiger partial charge in [-0.05, 0) is 44.2 Å². The number of nitrogens with zero attached hydrogens (tertiary/aromatic N) is 5. The third kappa shape index (κ3) is 5.43. The highest BCUT2D eigenvalue weighted by Crippen LogP contribution is 2.37. The fourth-order valence-corrected chi connectivity index (χ4v) is 5.42. The van der Waals surface area contributed by atoms with Crippen molar-refractivity contribution in [1.82, 2.24) is 20.1 Å². The van der Waals surface area contributed by atoms with E-state index in [1.54, 1.807) is 4.90 Å². The second-order valence-corrected chi connectivity index (χ2v) is 10.1. The van der Waals surface area contributed by atoms with Crippen molar-refractivity contribution in [3.05, 3.63) is 46.0 Å². The van der Waals surface area contributed by atoms with Crippen LogP contribution in [0.2, 0.25) is 0 Å². The molecule has 3 aliphatic rings. The number of carbonyl (C=O) groups is 1. The molecule has 1 atom stereocenters. The van der Waals surface area contributed by atoms with E-state index in [-0.39, 0.29) is 36.3 Å². The summed E-state index contributed by atoms with van der Waals surface area (Å²) in [5.74, 6) is 0.986. The van der Waals surface area contributed by atoms with Crippen LogP contribution in [0.25, 0.3) is 0 Å². The highest BCUT2D eigenvalue weighted by molar-refractivity contribution is 5.80. The minimum Gasteiger partial charge on any atom is -0.376 e. The Morgan fingerprint density at radius 2 is 1.89 bits per heavy atom. The molecule has 200 valence electrons. The summed E-state index contributed by atoms with van der Waals surface area (Å²) >= 11 is 0. The van der Waals surface area contributed by atoms with Crippen LogP contribution in [0, 0.1) is 12.8 Å². The summed E-state index contributed by atoms with van der Waals surface area (Å²) in [6, 6.07) is 3.76. The van der Waals surface area contributed by atoms with Crippen LogP contribution in [0.3, 0.4) is 0 Å². The van der Waals surface area contributed by atoms with Gasteiger partial charge in [0.15, 0.2) is 0 Å². The third-order valence-electron chi connectivity index (χ3n) is 7.59. The molecule has 0 bridgehead atoms. The van der Waals surface area contributed by atoms with Gasteiger partial charge in [-0.1, -0.05) is 6.07 Å². The van der Waals surface area contributed by atoms with E-state index < -0.39 is 17.3 Å². The number of halogens is 3. The molecular weight excluding hydrogens is 489 g/mol. The van der Waals surface area contributed by atoms with Crippen LogP contribution in [-0.2, 0) is 15.7 Å². The predicted octanol–water partition coefficient (Wildman–Crippen LogP) is 2.60. The van der Waals surface area contributed by atoms with E-state index in [2.05, 4.69) is 15.0 Å². The first-order chi connectivity index (χ1) is 17.7. The number of aryl methyl sites for hydroxylation is 1. The molecule has 1 saturated carbocycles. The number of alkyl halides is 3. The lowest BCUT2D eigenvalue weighted by atomic mass is 9.81. The molecule has 4 heterocycles. The number of piperazine rings is 1. The molecule has 2 aromatic heterocycles. The summed E-state index contributed by atoms with van der Waals surface area (Å²) < 4.78 is 46.5. The lowest BCUT2D eigenvalue weighted by Crippen LogP contribution is -2.53. The van der Waals surface area contributed by atoms with Gasteiger partial charge >= 0.3 is 6.18 Å². The molecule has 0 radical (unpaired) electrons. The fourth-order valence-electron chi connectivity index (χ4n) is 5.42. The van der Waals surface area contributed by atoms with Crippen LogP contribution in [0.15, 0.2) is 29.3 Å². The number of H-pyrrole nitrogens is 1. The van der Waals surface area contributed by atoms with Gasteiger partial charge in [-0.3, -0.25) is 9.59 Å². The first kappa shape index (κ1) is 25.5. The molecule has 1 N–H and O–H groups in total. The Balaban J connectivity index is 1.09. The lowest BCUT2D eigenvalue weighted by Gasteiger charge is -2.41. The Hall–Kier alpha value is -3.15. The van der Waals surface area contributed by atoms with Crippen molar-refractivity contribution in [2.45, 2.75) is 50.9 Å². The molecule has 0 aromatic carbocycles. The number of aromatic amines is 1. The topological polar surface area (TPSA) is 94.7 Å². The molecule has 12 heteroatoms. The third-order valence-corrected chi connectivity index (χ3v) is 7.59. The smallest absolute Gasteiger partial charge is 0.376 e. The molecule has 9 nitrogen and oxygen atoms in total. The largest absolute Gasteiger partial charge is 0.423 e. The molecule has 5 rings (SSSR count). The van der Waals surface area contributed by atoms with E-state index in [1.807, 2.05) is 35.3 Å². The average molecular weight is 521 g/mol. The zero-order valence-electron chi connectivity index (χ0n) is 20.7. The van der Waals surface area contributed by atoms with Crippen molar-refractivity contribution < 1.29 is 22.7 Å². The SMILES string of the molecule is Cc1ccc(N2CCN(C(=O)C3CC(OC[C@@H]4CCCN4c4cn[nH]c(=O)c4C(F)(F)F)C3)CC2)nc1.